The predicted molar refractivity (Wildman–Crippen MR) is 86.4 cm³/mol. The number of fused-ring (bicyclic) bond motifs is 1. The molecule has 3 heterocycles. The number of nitrogens with zero attached hydrogens (tertiary/aromatic N) is 2. The molecule has 3 rings (SSSR count). The second-order valence-electron chi connectivity index (χ2n) is 6.18. The first-order valence-corrected chi connectivity index (χ1v) is 8.85. The van der Waals surface area contributed by atoms with Crippen LogP contribution in [0.2, 0.25) is 0 Å². The van der Waals surface area contributed by atoms with Gasteiger partial charge in [-0.1, -0.05) is 6.42 Å². The lowest BCUT2D eigenvalue weighted by Gasteiger charge is -2.44. The van der Waals surface area contributed by atoms with Gasteiger partial charge in [-0.25, -0.2) is 0 Å². The van der Waals surface area contributed by atoms with E-state index in [1.54, 1.807) is 0 Å². The summed E-state index contributed by atoms with van der Waals surface area (Å²) in [5.41, 5.74) is 0. The van der Waals surface area contributed by atoms with Gasteiger partial charge in [0.15, 0.2) is 0 Å². The quantitative estimate of drug-likeness (QED) is 0.841. The van der Waals surface area contributed by atoms with E-state index in [0.717, 1.165) is 19.1 Å². The maximum Gasteiger partial charge on any atom is 0.0300 e. The second-order valence-corrected chi connectivity index (χ2v) is 7.55. The topological polar surface area (TPSA) is 18.5 Å². The molecule has 20 heavy (non-hydrogen) atoms. The van der Waals surface area contributed by atoms with Gasteiger partial charge in [0, 0.05) is 55.1 Å². The lowest BCUT2D eigenvalue weighted by atomic mass is 9.99. The molecule has 0 spiro atoms. The number of nitrogens with one attached hydrogen (secondary N) is 1. The van der Waals surface area contributed by atoms with Gasteiger partial charge in [0.1, 0.15) is 0 Å². The minimum absolute atomic E-state index is 0.845. The van der Waals surface area contributed by atoms with Crippen molar-refractivity contribution in [1.29, 1.82) is 0 Å². The Labute approximate surface area is 127 Å². The van der Waals surface area contributed by atoms with Crippen LogP contribution >= 0.6 is 11.3 Å². The maximum absolute atomic E-state index is 3.59. The Hall–Kier alpha value is -0.420. The first-order chi connectivity index (χ1) is 9.81. The van der Waals surface area contributed by atoms with E-state index >= 15 is 0 Å². The summed E-state index contributed by atoms with van der Waals surface area (Å²) < 4.78 is 0. The van der Waals surface area contributed by atoms with E-state index < -0.39 is 0 Å². The molecule has 0 saturated carbocycles. The van der Waals surface area contributed by atoms with Crippen molar-refractivity contribution in [2.24, 2.45) is 0 Å². The number of thiophene rings is 1. The molecule has 1 N–H and O–H groups in total. The van der Waals surface area contributed by atoms with E-state index in [0.29, 0.717) is 0 Å². The Kier molecular flexibility index (Phi) is 5.10. The van der Waals surface area contributed by atoms with Gasteiger partial charge in [0.2, 0.25) is 0 Å². The number of hydrogen-bond acceptors (Lipinski definition) is 4. The number of piperidine rings is 1. The van der Waals surface area contributed by atoms with Crippen molar-refractivity contribution in [3.63, 3.8) is 0 Å². The molecule has 4 heteroatoms. The highest BCUT2D eigenvalue weighted by molar-refractivity contribution is 7.11. The standard InChI is InChI=1S/C16H27N3S/c1-14-5-6-16(20-14)12-17-7-9-18-10-11-19-8-3-2-4-15(19)13-18/h5-6,15,17H,2-4,7-13H2,1H3. The Bertz CT molecular complexity index is 418. The lowest BCUT2D eigenvalue weighted by Crippen LogP contribution is -2.55. The van der Waals surface area contributed by atoms with E-state index in [-0.39, 0.29) is 0 Å². The van der Waals surface area contributed by atoms with Crippen LogP contribution in [-0.4, -0.2) is 55.1 Å². The van der Waals surface area contributed by atoms with Gasteiger partial charge in [-0.3, -0.25) is 9.80 Å². The predicted octanol–water partition coefficient (Wildman–Crippen LogP) is 2.32. The average molecular weight is 293 g/mol. The molecule has 1 unspecified atom stereocenters. The fraction of sp³-hybridized carbons (Fsp3) is 0.750. The fourth-order valence-electron chi connectivity index (χ4n) is 3.45. The molecular formula is C16H27N3S. The lowest BCUT2D eigenvalue weighted by molar-refractivity contribution is 0.0500. The van der Waals surface area contributed by atoms with Gasteiger partial charge in [0.05, 0.1) is 0 Å². The fourth-order valence-corrected chi connectivity index (χ4v) is 4.31. The number of aryl methyl sites for hydroxylation is 1. The van der Waals surface area contributed by atoms with Crippen molar-refractivity contribution in [2.45, 2.75) is 38.8 Å². The SMILES string of the molecule is Cc1ccc(CNCCN2CCN3CCCCC3C2)s1. The molecule has 2 aliphatic heterocycles. The van der Waals surface area contributed by atoms with Crippen molar-refractivity contribution in [1.82, 2.24) is 15.1 Å². The smallest absolute Gasteiger partial charge is 0.0300 e. The number of piperazine rings is 1. The third kappa shape index (κ3) is 3.82. The van der Waals surface area contributed by atoms with Crippen LogP contribution in [0.5, 0.6) is 0 Å². The summed E-state index contributed by atoms with van der Waals surface area (Å²) in [7, 11) is 0. The molecule has 2 fully saturated rings. The van der Waals surface area contributed by atoms with Crippen molar-refractivity contribution >= 4 is 11.3 Å². The summed E-state index contributed by atoms with van der Waals surface area (Å²) in [4.78, 5) is 8.23. The first-order valence-electron chi connectivity index (χ1n) is 8.04. The van der Waals surface area contributed by atoms with Gasteiger partial charge in [0.25, 0.3) is 0 Å². The van der Waals surface area contributed by atoms with Gasteiger partial charge < -0.3 is 5.32 Å². The maximum atomic E-state index is 3.59. The first kappa shape index (κ1) is 14.5. The minimum atomic E-state index is 0.845. The molecule has 1 atom stereocenters. The molecule has 0 radical (unpaired) electrons. The number of rotatable bonds is 5. The second kappa shape index (κ2) is 7.03. The Morgan fingerprint density at radius 2 is 2.20 bits per heavy atom. The van der Waals surface area contributed by atoms with Crippen LogP contribution < -0.4 is 5.32 Å². The van der Waals surface area contributed by atoms with Crippen LogP contribution in [0.3, 0.4) is 0 Å². The van der Waals surface area contributed by atoms with Crippen LogP contribution in [0.1, 0.15) is 29.0 Å². The van der Waals surface area contributed by atoms with Crippen molar-refractivity contribution in [3.8, 4) is 0 Å². The molecule has 0 amide bonds. The van der Waals surface area contributed by atoms with Crippen LogP contribution in [-0.2, 0) is 6.54 Å². The van der Waals surface area contributed by atoms with Gasteiger partial charge in [-0.05, 0) is 38.4 Å². The van der Waals surface area contributed by atoms with E-state index in [1.165, 1.54) is 61.7 Å². The van der Waals surface area contributed by atoms with E-state index in [2.05, 4.69) is 34.2 Å². The summed E-state index contributed by atoms with van der Waals surface area (Å²) in [5, 5.41) is 3.59. The molecule has 2 saturated heterocycles. The van der Waals surface area contributed by atoms with E-state index in [9.17, 15) is 0 Å². The summed E-state index contributed by atoms with van der Waals surface area (Å²) in [6.07, 6.45) is 4.27. The molecule has 1 aromatic heterocycles. The van der Waals surface area contributed by atoms with Crippen LogP contribution in [0.25, 0.3) is 0 Å². The van der Waals surface area contributed by atoms with E-state index in [1.807, 2.05) is 11.3 Å². The number of hydrogen-bond donors (Lipinski definition) is 1. The summed E-state index contributed by atoms with van der Waals surface area (Å²) in [6.45, 7) is 10.7. The molecule has 3 nitrogen and oxygen atoms in total. The van der Waals surface area contributed by atoms with Gasteiger partial charge in [-0.2, -0.15) is 0 Å². The average Bonchev–Trinajstić information content (AvgIpc) is 2.89. The van der Waals surface area contributed by atoms with Gasteiger partial charge in [-0.15, -0.1) is 11.3 Å². The Balaban J connectivity index is 1.34. The molecule has 0 bridgehead atoms. The highest BCUT2D eigenvalue weighted by Crippen LogP contribution is 2.20. The monoisotopic (exact) mass is 293 g/mol. The minimum Gasteiger partial charge on any atom is -0.311 e. The van der Waals surface area contributed by atoms with Crippen LogP contribution in [0, 0.1) is 6.92 Å². The third-order valence-electron chi connectivity index (χ3n) is 4.62. The molecule has 2 aliphatic rings. The largest absolute Gasteiger partial charge is 0.311 e. The summed E-state index contributed by atoms with van der Waals surface area (Å²) in [6, 6.07) is 5.30. The van der Waals surface area contributed by atoms with E-state index in [4.69, 9.17) is 0 Å². The molecule has 0 aromatic carbocycles. The summed E-state index contributed by atoms with van der Waals surface area (Å²) >= 11 is 1.91. The molecule has 1 aromatic rings. The van der Waals surface area contributed by atoms with Gasteiger partial charge >= 0.3 is 0 Å². The van der Waals surface area contributed by atoms with Crippen molar-refractivity contribution < 1.29 is 0 Å². The molecular weight excluding hydrogens is 266 g/mol. The highest BCUT2D eigenvalue weighted by atomic mass is 32.1. The zero-order chi connectivity index (χ0) is 13.8. The highest BCUT2D eigenvalue weighted by Gasteiger charge is 2.28. The zero-order valence-corrected chi connectivity index (χ0v) is 13.4. The van der Waals surface area contributed by atoms with Crippen LogP contribution in [0.4, 0.5) is 0 Å². The normalized spacial score (nSPS) is 24.8. The Morgan fingerprint density at radius 3 is 3.05 bits per heavy atom. The molecule has 112 valence electrons. The zero-order valence-electron chi connectivity index (χ0n) is 12.6. The third-order valence-corrected chi connectivity index (χ3v) is 5.62. The molecule has 0 aliphatic carbocycles. The Morgan fingerprint density at radius 1 is 1.25 bits per heavy atom. The van der Waals surface area contributed by atoms with Crippen LogP contribution in [0.15, 0.2) is 12.1 Å². The van der Waals surface area contributed by atoms with Crippen molar-refractivity contribution in [2.75, 3.05) is 39.3 Å². The van der Waals surface area contributed by atoms with Crippen molar-refractivity contribution in [3.05, 3.63) is 21.9 Å². The summed E-state index contributed by atoms with van der Waals surface area (Å²) in [5.74, 6) is 0.